The van der Waals surface area contributed by atoms with Gasteiger partial charge in [-0.25, -0.2) is 0 Å². The van der Waals surface area contributed by atoms with Gasteiger partial charge in [-0.2, -0.15) is 0 Å². The maximum atomic E-state index is 6.38. The molecule has 0 radical (unpaired) electrons. The Labute approximate surface area is 131 Å². The highest BCUT2D eigenvalue weighted by Gasteiger charge is 2.32. The highest BCUT2D eigenvalue weighted by molar-refractivity contribution is 9.10. The van der Waals surface area contributed by atoms with Crippen molar-refractivity contribution in [1.82, 2.24) is 5.32 Å². The standard InChI is InChI=1S/C16H18BrNOS/c17-13-9-20-15-6-2-5-14(16(13)15)19-12-7-10-3-1-4-11(8-12)18-10/h2,5-6,9-12,18H,1,3-4,7-8H2. The Morgan fingerprint density at radius 3 is 2.80 bits per heavy atom. The summed E-state index contributed by atoms with van der Waals surface area (Å²) >= 11 is 5.42. The van der Waals surface area contributed by atoms with E-state index in [1.165, 1.54) is 29.3 Å². The molecule has 20 heavy (non-hydrogen) atoms. The van der Waals surface area contributed by atoms with E-state index in [2.05, 4.69) is 44.8 Å². The molecular weight excluding hydrogens is 334 g/mol. The molecule has 0 spiro atoms. The number of nitrogens with one attached hydrogen (secondary N) is 1. The van der Waals surface area contributed by atoms with Crippen molar-refractivity contribution in [1.29, 1.82) is 0 Å². The second-order valence-corrected chi connectivity index (χ2v) is 7.68. The van der Waals surface area contributed by atoms with Gasteiger partial charge in [0.05, 0.1) is 0 Å². The van der Waals surface area contributed by atoms with E-state index in [-0.39, 0.29) is 0 Å². The maximum absolute atomic E-state index is 6.38. The fourth-order valence-corrected chi connectivity index (χ4v) is 5.26. The van der Waals surface area contributed by atoms with Gasteiger partial charge < -0.3 is 10.1 Å². The van der Waals surface area contributed by atoms with Gasteiger partial charge in [0.25, 0.3) is 0 Å². The van der Waals surface area contributed by atoms with Gasteiger partial charge in [-0.15, -0.1) is 11.3 Å². The average molecular weight is 352 g/mol. The molecule has 2 fully saturated rings. The van der Waals surface area contributed by atoms with Crippen LogP contribution in [0.2, 0.25) is 0 Å². The molecule has 1 aromatic carbocycles. The summed E-state index contributed by atoms with van der Waals surface area (Å²) in [5, 5.41) is 7.11. The number of hydrogen-bond donors (Lipinski definition) is 1. The summed E-state index contributed by atoms with van der Waals surface area (Å²) in [6.07, 6.45) is 6.65. The Morgan fingerprint density at radius 2 is 2.00 bits per heavy atom. The predicted octanol–water partition coefficient (Wildman–Crippen LogP) is 4.72. The minimum atomic E-state index is 0.365. The average Bonchev–Trinajstić information content (AvgIpc) is 2.81. The first-order valence-corrected chi connectivity index (χ1v) is 9.05. The van der Waals surface area contributed by atoms with Crippen LogP contribution in [-0.2, 0) is 0 Å². The van der Waals surface area contributed by atoms with Gasteiger partial charge in [-0.05, 0) is 53.7 Å². The first-order valence-electron chi connectivity index (χ1n) is 7.38. The highest BCUT2D eigenvalue weighted by atomic mass is 79.9. The Balaban J connectivity index is 1.60. The Bertz CT molecular complexity index is 614. The second kappa shape index (κ2) is 5.32. The van der Waals surface area contributed by atoms with Gasteiger partial charge in [0.15, 0.2) is 0 Å². The van der Waals surface area contributed by atoms with Crippen LogP contribution in [0.25, 0.3) is 10.1 Å². The first kappa shape index (κ1) is 13.1. The van der Waals surface area contributed by atoms with Gasteiger partial charge in [0, 0.05) is 32.0 Å². The van der Waals surface area contributed by atoms with Crippen LogP contribution in [0.3, 0.4) is 0 Å². The summed E-state index contributed by atoms with van der Waals surface area (Å²) in [6, 6.07) is 7.70. The Morgan fingerprint density at radius 1 is 1.20 bits per heavy atom. The number of thiophene rings is 1. The number of ether oxygens (including phenoxy) is 1. The zero-order valence-electron chi connectivity index (χ0n) is 11.3. The molecule has 4 rings (SSSR count). The summed E-state index contributed by atoms with van der Waals surface area (Å²) in [5.74, 6) is 1.04. The maximum Gasteiger partial charge on any atom is 0.129 e. The van der Waals surface area contributed by atoms with Crippen LogP contribution < -0.4 is 10.1 Å². The van der Waals surface area contributed by atoms with Crippen LogP contribution in [0.1, 0.15) is 32.1 Å². The van der Waals surface area contributed by atoms with Crippen LogP contribution in [-0.4, -0.2) is 18.2 Å². The molecule has 0 amide bonds. The molecule has 1 N–H and O–H groups in total. The van der Waals surface area contributed by atoms with Crippen LogP contribution in [0.15, 0.2) is 28.1 Å². The molecule has 0 aliphatic carbocycles. The molecule has 2 nitrogen and oxygen atoms in total. The SMILES string of the molecule is Brc1csc2cccc(OC3CC4CCCC(C3)N4)c12. The lowest BCUT2D eigenvalue weighted by Gasteiger charge is -2.40. The quantitative estimate of drug-likeness (QED) is 0.845. The topological polar surface area (TPSA) is 21.3 Å². The summed E-state index contributed by atoms with van der Waals surface area (Å²) in [4.78, 5) is 0. The van der Waals surface area contributed by atoms with E-state index in [0.717, 1.165) is 23.1 Å². The number of piperidine rings is 2. The van der Waals surface area contributed by atoms with Crippen molar-refractivity contribution in [2.45, 2.75) is 50.3 Å². The van der Waals surface area contributed by atoms with E-state index in [4.69, 9.17) is 4.74 Å². The summed E-state index contributed by atoms with van der Waals surface area (Å²) < 4.78 is 8.83. The molecule has 2 atom stereocenters. The van der Waals surface area contributed by atoms with E-state index in [9.17, 15) is 0 Å². The fourth-order valence-electron chi connectivity index (χ4n) is 3.61. The first-order chi connectivity index (χ1) is 9.79. The zero-order chi connectivity index (χ0) is 13.5. The van der Waals surface area contributed by atoms with Crippen molar-refractivity contribution in [2.24, 2.45) is 0 Å². The van der Waals surface area contributed by atoms with Crippen molar-refractivity contribution in [3.05, 3.63) is 28.1 Å². The van der Waals surface area contributed by atoms with E-state index in [0.29, 0.717) is 18.2 Å². The molecule has 1 aromatic heterocycles. The van der Waals surface area contributed by atoms with Gasteiger partial charge in [-0.3, -0.25) is 0 Å². The van der Waals surface area contributed by atoms with E-state index >= 15 is 0 Å². The van der Waals surface area contributed by atoms with Crippen LogP contribution >= 0.6 is 27.3 Å². The highest BCUT2D eigenvalue weighted by Crippen LogP contribution is 2.38. The van der Waals surface area contributed by atoms with E-state index < -0.39 is 0 Å². The molecule has 3 heterocycles. The van der Waals surface area contributed by atoms with Crippen molar-refractivity contribution >= 4 is 37.4 Å². The molecule has 2 unspecified atom stereocenters. The predicted molar refractivity (Wildman–Crippen MR) is 87.7 cm³/mol. The minimum Gasteiger partial charge on any atom is -0.490 e. The molecule has 2 aromatic rings. The third-order valence-corrected chi connectivity index (χ3v) is 6.36. The lowest BCUT2D eigenvalue weighted by molar-refractivity contribution is 0.0939. The van der Waals surface area contributed by atoms with Gasteiger partial charge >= 0.3 is 0 Å². The van der Waals surface area contributed by atoms with Crippen molar-refractivity contribution in [3.63, 3.8) is 0 Å². The molecular formula is C16H18BrNOS. The number of benzene rings is 1. The largest absolute Gasteiger partial charge is 0.490 e. The molecule has 4 heteroatoms. The minimum absolute atomic E-state index is 0.365. The monoisotopic (exact) mass is 351 g/mol. The normalized spacial score (nSPS) is 29.6. The molecule has 2 aliphatic heterocycles. The third-order valence-electron chi connectivity index (χ3n) is 4.48. The van der Waals surface area contributed by atoms with Gasteiger partial charge in [0.1, 0.15) is 11.9 Å². The summed E-state index contributed by atoms with van der Waals surface area (Å²) in [5.41, 5.74) is 0. The van der Waals surface area contributed by atoms with Gasteiger partial charge in [-0.1, -0.05) is 12.5 Å². The number of halogens is 1. The number of fused-ring (bicyclic) bond motifs is 3. The molecule has 2 aliphatic rings. The molecule has 0 saturated carbocycles. The molecule has 106 valence electrons. The lowest BCUT2D eigenvalue weighted by atomic mass is 9.85. The second-order valence-electron chi connectivity index (χ2n) is 5.92. The van der Waals surface area contributed by atoms with Crippen molar-refractivity contribution in [2.75, 3.05) is 0 Å². The number of hydrogen-bond acceptors (Lipinski definition) is 3. The number of rotatable bonds is 2. The summed E-state index contributed by atoms with van der Waals surface area (Å²) in [6.45, 7) is 0. The van der Waals surface area contributed by atoms with Crippen LogP contribution in [0, 0.1) is 0 Å². The summed E-state index contributed by atoms with van der Waals surface area (Å²) in [7, 11) is 0. The Kier molecular flexibility index (Phi) is 3.49. The van der Waals surface area contributed by atoms with Gasteiger partial charge in [0.2, 0.25) is 0 Å². The van der Waals surface area contributed by atoms with E-state index in [1.807, 2.05) is 0 Å². The molecule has 2 saturated heterocycles. The smallest absolute Gasteiger partial charge is 0.129 e. The van der Waals surface area contributed by atoms with Crippen LogP contribution in [0.5, 0.6) is 5.75 Å². The lowest BCUT2D eigenvalue weighted by Crippen LogP contribution is -2.51. The zero-order valence-corrected chi connectivity index (χ0v) is 13.7. The third kappa shape index (κ3) is 2.38. The fraction of sp³-hybridized carbons (Fsp3) is 0.500. The Hall–Kier alpha value is -0.580. The van der Waals surface area contributed by atoms with Crippen molar-refractivity contribution < 1.29 is 4.74 Å². The van der Waals surface area contributed by atoms with E-state index in [1.54, 1.807) is 11.3 Å². The molecule has 2 bridgehead atoms. The van der Waals surface area contributed by atoms with Crippen LogP contribution in [0.4, 0.5) is 0 Å². The van der Waals surface area contributed by atoms with Crippen molar-refractivity contribution in [3.8, 4) is 5.75 Å².